The number of aryl methyl sites for hydroxylation is 1. The molecule has 0 aromatic carbocycles. The highest BCUT2D eigenvalue weighted by Gasteiger charge is 2.09. The molecule has 62 valence electrons. The number of hydrogen-bond donors (Lipinski definition) is 0. The first-order valence-electron chi connectivity index (χ1n) is 3.75. The van der Waals surface area contributed by atoms with E-state index >= 15 is 0 Å². The van der Waals surface area contributed by atoms with Crippen molar-refractivity contribution in [2.24, 2.45) is 0 Å². The van der Waals surface area contributed by atoms with Gasteiger partial charge in [0.25, 0.3) is 0 Å². The molecule has 1 nitrogen and oxygen atoms in total. The number of thiocarbonyl (C=S) groups is 1. The molecule has 0 aliphatic rings. The number of rotatable bonds is 1. The van der Waals surface area contributed by atoms with E-state index in [0.717, 1.165) is 5.69 Å². The summed E-state index contributed by atoms with van der Waals surface area (Å²) in [6, 6.07) is 0. The highest BCUT2D eigenvalue weighted by Crippen LogP contribution is 2.24. The summed E-state index contributed by atoms with van der Waals surface area (Å²) in [6.45, 7) is 4.26. The third-order valence-electron chi connectivity index (χ3n) is 2.25. The molecule has 0 saturated heterocycles. The van der Waals surface area contributed by atoms with Crippen LogP contribution in [0.25, 0.3) is 4.83 Å². The van der Waals surface area contributed by atoms with E-state index in [2.05, 4.69) is 29.8 Å². The molecule has 0 unspecified atom stereocenters. The Morgan fingerprint density at radius 1 is 1.42 bits per heavy atom. The molecular formula is C9H9NS2. The van der Waals surface area contributed by atoms with Gasteiger partial charge in [-0.25, -0.2) is 0 Å². The second kappa shape index (κ2) is 2.68. The van der Waals surface area contributed by atoms with Gasteiger partial charge in [-0.1, -0.05) is 12.2 Å². The summed E-state index contributed by atoms with van der Waals surface area (Å²) in [5, 5.41) is 3.84. The molecule has 0 saturated carbocycles. The lowest BCUT2D eigenvalue weighted by Crippen LogP contribution is -1.86. The quantitative estimate of drug-likeness (QED) is 0.633. The molecule has 12 heavy (non-hydrogen) atoms. The molecule has 2 rings (SSSR count). The minimum Gasteiger partial charge on any atom is -0.307 e. The van der Waals surface area contributed by atoms with Crippen LogP contribution in [-0.4, -0.2) is 9.77 Å². The molecule has 2 aromatic rings. The monoisotopic (exact) mass is 195 g/mol. The van der Waals surface area contributed by atoms with Crippen LogP contribution in [0.1, 0.15) is 16.8 Å². The summed E-state index contributed by atoms with van der Waals surface area (Å²) in [4.78, 5) is 1.31. The van der Waals surface area contributed by atoms with Crippen molar-refractivity contribution in [3.63, 3.8) is 0 Å². The molecule has 0 aliphatic carbocycles. The Morgan fingerprint density at radius 2 is 2.17 bits per heavy atom. The van der Waals surface area contributed by atoms with Crippen molar-refractivity contribution in [2.45, 2.75) is 13.8 Å². The summed E-state index contributed by atoms with van der Waals surface area (Å²) < 4.78 is 2.16. The smallest absolute Gasteiger partial charge is 0.103 e. The van der Waals surface area contributed by atoms with Crippen LogP contribution in [0.2, 0.25) is 0 Å². The lowest BCUT2D eigenvalue weighted by atomic mass is 10.2. The predicted molar refractivity (Wildman–Crippen MR) is 57.5 cm³/mol. The third-order valence-corrected chi connectivity index (χ3v) is 3.45. The average molecular weight is 195 g/mol. The Kier molecular flexibility index (Phi) is 1.77. The fourth-order valence-corrected chi connectivity index (χ4v) is 2.62. The molecule has 0 amide bonds. The summed E-state index contributed by atoms with van der Waals surface area (Å²) in [5.41, 5.74) is 3.80. The molecule has 0 radical (unpaired) electrons. The van der Waals surface area contributed by atoms with Gasteiger partial charge in [0.05, 0.1) is 5.69 Å². The van der Waals surface area contributed by atoms with E-state index in [1.54, 1.807) is 16.7 Å². The van der Waals surface area contributed by atoms with Crippen LogP contribution in [0, 0.1) is 13.8 Å². The Labute approximate surface area is 80.6 Å². The minimum absolute atomic E-state index is 1.15. The SMILES string of the molecule is Cc1c(C)c2sccn2c1C=S. The van der Waals surface area contributed by atoms with E-state index in [1.165, 1.54) is 16.0 Å². The van der Waals surface area contributed by atoms with Crippen molar-refractivity contribution in [3.8, 4) is 0 Å². The van der Waals surface area contributed by atoms with Gasteiger partial charge in [0.15, 0.2) is 0 Å². The van der Waals surface area contributed by atoms with E-state index < -0.39 is 0 Å². The Morgan fingerprint density at radius 3 is 2.83 bits per heavy atom. The first-order chi connectivity index (χ1) is 5.75. The van der Waals surface area contributed by atoms with Crippen LogP contribution < -0.4 is 0 Å². The Hall–Kier alpha value is -0.670. The second-order valence-electron chi connectivity index (χ2n) is 2.83. The first-order valence-corrected chi connectivity index (χ1v) is 5.10. The van der Waals surface area contributed by atoms with Gasteiger partial charge >= 0.3 is 0 Å². The van der Waals surface area contributed by atoms with Gasteiger partial charge in [-0.15, -0.1) is 11.3 Å². The number of hydrogen-bond acceptors (Lipinski definition) is 2. The fraction of sp³-hybridized carbons (Fsp3) is 0.222. The van der Waals surface area contributed by atoms with E-state index in [9.17, 15) is 0 Å². The van der Waals surface area contributed by atoms with Gasteiger partial charge in [0, 0.05) is 16.9 Å². The molecule has 0 fully saturated rings. The van der Waals surface area contributed by atoms with Crippen LogP contribution in [-0.2, 0) is 0 Å². The van der Waals surface area contributed by atoms with E-state index in [4.69, 9.17) is 12.2 Å². The van der Waals surface area contributed by atoms with Crippen molar-refractivity contribution in [2.75, 3.05) is 0 Å². The fourth-order valence-electron chi connectivity index (χ4n) is 1.42. The standard InChI is InChI=1S/C9H9NS2/c1-6-7(2)9-10(3-4-12-9)8(6)5-11/h3-5H,1-2H3. The van der Waals surface area contributed by atoms with Crippen LogP contribution in [0.4, 0.5) is 0 Å². The van der Waals surface area contributed by atoms with Crippen LogP contribution >= 0.6 is 23.6 Å². The maximum atomic E-state index is 4.97. The Bertz CT molecular complexity index is 436. The molecule has 0 spiro atoms. The number of thiazole rings is 1. The molecule has 0 N–H and O–H groups in total. The van der Waals surface area contributed by atoms with Crippen molar-refractivity contribution < 1.29 is 0 Å². The molecule has 3 heteroatoms. The highest BCUT2D eigenvalue weighted by molar-refractivity contribution is 7.79. The van der Waals surface area contributed by atoms with Gasteiger partial charge in [0.2, 0.25) is 0 Å². The Balaban J connectivity index is 2.97. The maximum absolute atomic E-state index is 4.97. The lowest BCUT2D eigenvalue weighted by molar-refractivity contribution is 1.21. The van der Waals surface area contributed by atoms with Gasteiger partial charge < -0.3 is 4.40 Å². The van der Waals surface area contributed by atoms with E-state index in [-0.39, 0.29) is 0 Å². The van der Waals surface area contributed by atoms with Crippen molar-refractivity contribution >= 4 is 33.8 Å². The minimum atomic E-state index is 1.15. The number of fused-ring (bicyclic) bond motifs is 1. The zero-order valence-corrected chi connectivity index (χ0v) is 8.63. The zero-order chi connectivity index (χ0) is 8.72. The van der Waals surface area contributed by atoms with Crippen molar-refractivity contribution in [1.82, 2.24) is 4.40 Å². The first kappa shape index (κ1) is 7.95. The molecule has 2 aromatic heterocycles. The normalized spacial score (nSPS) is 10.8. The second-order valence-corrected chi connectivity index (χ2v) is 3.96. The topological polar surface area (TPSA) is 4.41 Å². The molecule has 0 aliphatic heterocycles. The zero-order valence-electron chi connectivity index (χ0n) is 7.00. The van der Waals surface area contributed by atoms with Crippen molar-refractivity contribution in [3.05, 3.63) is 28.4 Å². The van der Waals surface area contributed by atoms with Gasteiger partial charge in [-0.2, -0.15) is 0 Å². The molecular weight excluding hydrogens is 186 g/mol. The van der Waals surface area contributed by atoms with Crippen molar-refractivity contribution in [1.29, 1.82) is 0 Å². The largest absolute Gasteiger partial charge is 0.307 e. The summed E-state index contributed by atoms with van der Waals surface area (Å²) in [7, 11) is 0. The third kappa shape index (κ3) is 0.867. The summed E-state index contributed by atoms with van der Waals surface area (Å²) >= 11 is 6.73. The van der Waals surface area contributed by atoms with Crippen LogP contribution in [0.15, 0.2) is 11.6 Å². The number of nitrogens with zero attached hydrogens (tertiary/aromatic N) is 1. The van der Waals surface area contributed by atoms with Gasteiger partial charge in [-0.05, 0) is 25.0 Å². The highest BCUT2D eigenvalue weighted by atomic mass is 32.1. The maximum Gasteiger partial charge on any atom is 0.103 e. The molecule has 2 heterocycles. The van der Waals surface area contributed by atoms with Gasteiger partial charge in [0.1, 0.15) is 4.83 Å². The predicted octanol–water partition coefficient (Wildman–Crippen LogP) is 2.97. The molecule has 0 bridgehead atoms. The summed E-state index contributed by atoms with van der Waals surface area (Å²) in [6.07, 6.45) is 2.07. The number of aromatic nitrogens is 1. The van der Waals surface area contributed by atoms with E-state index in [1.807, 2.05) is 0 Å². The molecule has 0 atom stereocenters. The van der Waals surface area contributed by atoms with Gasteiger partial charge in [-0.3, -0.25) is 0 Å². The van der Waals surface area contributed by atoms with Crippen LogP contribution in [0.5, 0.6) is 0 Å². The lowest BCUT2D eigenvalue weighted by Gasteiger charge is -1.90. The summed E-state index contributed by atoms with van der Waals surface area (Å²) in [5.74, 6) is 0. The van der Waals surface area contributed by atoms with E-state index in [0.29, 0.717) is 0 Å². The average Bonchev–Trinajstić information content (AvgIpc) is 2.59. The van der Waals surface area contributed by atoms with Crippen LogP contribution in [0.3, 0.4) is 0 Å².